The van der Waals surface area contributed by atoms with Crippen LogP contribution in [-0.4, -0.2) is 17.1 Å². The average Bonchev–Trinajstić information content (AvgIpc) is 2.86. The minimum Gasteiger partial charge on any atom is -0.467 e. The van der Waals surface area contributed by atoms with E-state index >= 15 is 0 Å². The standard InChI is InChI=1S/C13H9ClN2OS/c1-17-13-15-11(8-4-2-3-5-10(8)14)9-6-7-18-12(9)16-13/h2-7H,1H3. The van der Waals surface area contributed by atoms with Crippen LogP contribution < -0.4 is 4.74 Å². The molecule has 0 radical (unpaired) electrons. The van der Waals surface area contributed by atoms with Crippen molar-refractivity contribution in [3.8, 4) is 17.3 Å². The van der Waals surface area contributed by atoms with Crippen LogP contribution in [0.4, 0.5) is 0 Å². The monoisotopic (exact) mass is 276 g/mol. The molecule has 5 heteroatoms. The molecule has 0 saturated heterocycles. The molecule has 0 aliphatic rings. The van der Waals surface area contributed by atoms with Crippen LogP contribution in [0.25, 0.3) is 21.5 Å². The van der Waals surface area contributed by atoms with Crippen molar-refractivity contribution < 1.29 is 4.74 Å². The van der Waals surface area contributed by atoms with E-state index in [9.17, 15) is 0 Å². The third kappa shape index (κ3) is 1.83. The summed E-state index contributed by atoms with van der Waals surface area (Å²) in [7, 11) is 1.56. The summed E-state index contributed by atoms with van der Waals surface area (Å²) < 4.78 is 5.14. The lowest BCUT2D eigenvalue weighted by Gasteiger charge is -2.06. The number of ether oxygens (including phenoxy) is 1. The van der Waals surface area contributed by atoms with Gasteiger partial charge in [-0.25, -0.2) is 0 Å². The first-order valence-electron chi connectivity index (χ1n) is 5.33. The van der Waals surface area contributed by atoms with Crippen molar-refractivity contribution in [1.29, 1.82) is 0 Å². The average molecular weight is 277 g/mol. The number of fused-ring (bicyclic) bond motifs is 1. The van der Waals surface area contributed by atoms with Crippen LogP contribution in [0.3, 0.4) is 0 Å². The first-order chi connectivity index (χ1) is 8.79. The molecule has 2 heterocycles. The smallest absolute Gasteiger partial charge is 0.318 e. The minimum atomic E-state index is 0.361. The number of hydrogen-bond donors (Lipinski definition) is 0. The highest BCUT2D eigenvalue weighted by atomic mass is 35.5. The summed E-state index contributed by atoms with van der Waals surface area (Å²) in [6.07, 6.45) is 0. The Balaban J connectivity index is 2.34. The second-order valence-electron chi connectivity index (χ2n) is 3.68. The molecule has 0 aliphatic heterocycles. The molecule has 0 N–H and O–H groups in total. The zero-order valence-electron chi connectivity index (χ0n) is 9.55. The lowest BCUT2D eigenvalue weighted by molar-refractivity contribution is 0.382. The third-order valence-corrected chi connectivity index (χ3v) is 3.75. The largest absolute Gasteiger partial charge is 0.467 e. The van der Waals surface area contributed by atoms with E-state index in [1.165, 1.54) is 0 Å². The van der Waals surface area contributed by atoms with Gasteiger partial charge in [-0.15, -0.1) is 11.3 Å². The Kier molecular flexibility index (Phi) is 2.89. The van der Waals surface area contributed by atoms with Gasteiger partial charge in [0.1, 0.15) is 4.83 Å². The molecule has 3 rings (SSSR count). The van der Waals surface area contributed by atoms with Gasteiger partial charge in [0.25, 0.3) is 0 Å². The molecule has 0 fully saturated rings. The molecule has 0 amide bonds. The van der Waals surface area contributed by atoms with Crippen LogP contribution in [-0.2, 0) is 0 Å². The topological polar surface area (TPSA) is 35.0 Å². The fourth-order valence-corrected chi connectivity index (χ4v) is 2.77. The van der Waals surface area contributed by atoms with E-state index in [4.69, 9.17) is 16.3 Å². The zero-order chi connectivity index (χ0) is 12.5. The zero-order valence-corrected chi connectivity index (χ0v) is 11.1. The highest BCUT2D eigenvalue weighted by Crippen LogP contribution is 2.34. The molecule has 0 atom stereocenters. The van der Waals surface area contributed by atoms with Crippen LogP contribution in [0.2, 0.25) is 5.02 Å². The maximum atomic E-state index is 6.22. The second kappa shape index (κ2) is 4.55. The highest BCUT2D eigenvalue weighted by molar-refractivity contribution is 7.16. The fraction of sp³-hybridized carbons (Fsp3) is 0.0769. The van der Waals surface area contributed by atoms with E-state index in [0.717, 1.165) is 21.5 Å². The normalized spacial score (nSPS) is 10.8. The van der Waals surface area contributed by atoms with E-state index in [0.29, 0.717) is 11.0 Å². The van der Waals surface area contributed by atoms with E-state index < -0.39 is 0 Å². The van der Waals surface area contributed by atoms with Gasteiger partial charge in [-0.1, -0.05) is 29.8 Å². The van der Waals surface area contributed by atoms with Crippen molar-refractivity contribution in [1.82, 2.24) is 9.97 Å². The first kappa shape index (κ1) is 11.4. The molecule has 2 aromatic heterocycles. The van der Waals surface area contributed by atoms with Gasteiger partial charge in [-0.2, -0.15) is 9.97 Å². The van der Waals surface area contributed by atoms with Crippen LogP contribution in [0.5, 0.6) is 6.01 Å². The van der Waals surface area contributed by atoms with Crippen LogP contribution in [0.1, 0.15) is 0 Å². The predicted octanol–water partition coefficient (Wildman–Crippen LogP) is 4.02. The minimum absolute atomic E-state index is 0.361. The quantitative estimate of drug-likeness (QED) is 0.709. The molecule has 0 saturated carbocycles. The molecular formula is C13H9ClN2OS. The highest BCUT2D eigenvalue weighted by Gasteiger charge is 2.13. The number of rotatable bonds is 2. The van der Waals surface area contributed by atoms with E-state index in [-0.39, 0.29) is 0 Å². The van der Waals surface area contributed by atoms with Crippen LogP contribution >= 0.6 is 22.9 Å². The van der Waals surface area contributed by atoms with Crippen molar-refractivity contribution in [2.75, 3.05) is 7.11 Å². The van der Waals surface area contributed by atoms with Gasteiger partial charge in [-0.05, 0) is 17.5 Å². The molecule has 3 aromatic rings. The third-order valence-electron chi connectivity index (χ3n) is 2.62. The van der Waals surface area contributed by atoms with Gasteiger partial charge in [0, 0.05) is 16.0 Å². The van der Waals surface area contributed by atoms with Crippen molar-refractivity contribution in [2.24, 2.45) is 0 Å². The number of methoxy groups -OCH3 is 1. The Labute approximate surface area is 113 Å². The Morgan fingerprint density at radius 2 is 2.00 bits per heavy atom. The van der Waals surface area contributed by atoms with Gasteiger partial charge in [0.2, 0.25) is 0 Å². The number of nitrogens with zero attached hydrogens (tertiary/aromatic N) is 2. The van der Waals surface area contributed by atoms with Crippen LogP contribution in [0.15, 0.2) is 35.7 Å². The molecule has 0 spiro atoms. The van der Waals surface area contributed by atoms with E-state index in [2.05, 4.69) is 9.97 Å². The summed E-state index contributed by atoms with van der Waals surface area (Å²) in [5.74, 6) is 0. The number of hydrogen-bond acceptors (Lipinski definition) is 4. The van der Waals surface area contributed by atoms with Gasteiger partial charge >= 0.3 is 6.01 Å². The molecular weight excluding hydrogens is 268 g/mol. The number of halogens is 1. The van der Waals surface area contributed by atoms with E-state index in [1.54, 1.807) is 18.4 Å². The predicted molar refractivity (Wildman–Crippen MR) is 74.4 cm³/mol. The lowest BCUT2D eigenvalue weighted by atomic mass is 10.1. The summed E-state index contributed by atoms with van der Waals surface area (Å²) in [5, 5.41) is 3.65. The maximum absolute atomic E-state index is 6.22. The molecule has 90 valence electrons. The molecule has 3 nitrogen and oxygen atoms in total. The van der Waals surface area contributed by atoms with E-state index in [1.807, 2.05) is 35.7 Å². The van der Waals surface area contributed by atoms with Gasteiger partial charge in [0.15, 0.2) is 0 Å². The number of aromatic nitrogens is 2. The van der Waals surface area contributed by atoms with Gasteiger partial charge < -0.3 is 4.74 Å². The summed E-state index contributed by atoms with van der Waals surface area (Å²) in [4.78, 5) is 9.62. The van der Waals surface area contributed by atoms with Crippen molar-refractivity contribution >= 4 is 33.2 Å². The van der Waals surface area contributed by atoms with Crippen molar-refractivity contribution in [2.45, 2.75) is 0 Å². The molecule has 0 aliphatic carbocycles. The molecule has 0 unspecified atom stereocenters. The Hall–Kier alpha value is -1.65. The van der Waals surface area contributed by atoms with Gasteiger partial charge in [0.05, 0.1) is 12.8 Å². The summed E-state index contributed by atoms with van der Waals surface area (Å²) in [6.45, 7) is 0. The molecule has 1 aromatic carbocycles. The van der Waals surface area contributed by atoms with Crippen molar-refractivity contribution in [3.05, 3.63) is 40.7 Å². The summed E-state index contributed by atoms with van der Waals surface area (Å²) >= 11 is 7.78. The Bertz CT molecular complexity index is 711. The molecule has 18 heavy (non-hydrogen) atoms. The molecule has 0 bridgehead atoms. The summed E-state index contributed by atoms with van der Waals surface area (Å²) in [6, 6.07) is 9.99. The SMILES string of the molecule is COc1nc(-c2ccccc2Cl)c2ccsc2n1. The number of benzene rings is 1. The Morgan fingerprint density at radius 3 is 2.78 bits per heavy atom. The van der Waals surface area contributed by atoms with Gasteiger partial charge in [-0.3, -0.25) is 0 Å². The maximum Gasteiger partial charge on any atom is 0.318 e. The second-order valence-corrected chi connectivity index (χ2v) is 4.98. The number of thiophene rings is 1. The fourth-order valence-electron chi connectivity index (χ4n) is 1.79. The summed E-state index contributed by atoms with van der Waals surface area (Å²) in [5.41, 5.74) is 1.70. The Morgan fingerprint density at radius 1 is 1.17 bits per heavy atom. The van der Waals surface area contributed by atoms with Crippen molar-refractivity contribution in [3.63, 3.8) is 0 Å². The first-order valence-corrected chi connectivity index (χ1v) is 6.59. The van der Waals surface area contributed by atoms with Crippen LogP contribution in [0, 0.1) is 0 Å². The lowest BCUT2D eigenvalue weighted by Crippen LogP contribution is -1.94.